The third kappa shape index (κ3) is 2.73. The number of rotatable bonds is 3. The minimum atomic E-state index is -0.832. The van der Waals surface area contributed by atoms with Crippen LogP contribution in [0.25, 0.3) is 32.4 Å². The molecule has 5 rings (SSSR count). The van der Waals surface area contributed by atoms with Crippen molar-refractivity contribution < 1.29 is 9.90 Å². The Bertz CT molecular complexity index is 1210. The average molecular weight is 396 g/mol. The van der Waals surface area contributed by atoms with Crippen molar-refractivity contribution in [2.45, 2.75) is 39.0 Å². The van der Waals surface area contributed by atoms with Gasteiger partial charge in [0.2, 0.25) is 0 Å². The first kappa shape index (κ1) is 16.8. The fourth-order valence-corrected chi connectivity index (χ4v) is 5.90. The van der Waals surface area contributed by atoms with E-state index < -0.39 is 5.97 Å². The van der Waals surface area contributed by atoms with Gasteiger partial charge in [0.15, 0.2) is 0 Å². The van der Waals surface area contributed by atoms with Crippen molar-refractivity contribution in [2.24, 2.45) is 0 Å². The number of fused-ring (bicyclic) bond motifs is 4. The van der Waals surface area contributed by atoms with E-state index in [4.69, 9.17) is 4.98 Å². The third-order valence-electron chi connectivity index (χ3n) is 5.28. The maximum Gasteiger partial charge on any atom is 0.307 e. The van der Waals surface area contributed by atoms with E-state index >= 15 is 0 Å². The minimum Gasteiger partial charge on any atom is -0.481 e. The number of pyridine rings is 1. The summed E-state index contributed by atoms with van der Waals surface area (Å²) < 4.78 is 8.66. The number of carbonyl (C=O) groups is 1. The molecule has 0 spiro atoms. The molecule has 1 N–H and O–H groups in total. The van der Waals surface area contributed by atoms with Gasteiger partial charge in [0.1, 0.15) is 15.9 Å². The van der Waals surface area contributed by atoms with Crippen LogP contribution in [0.2, 0.25) is 0 Å². The lowest BCUT2D eigenvalue weighted by Crippen LogP contribution is -2.07. The topological polar surface area (TPSA) is 76.0 Å². The summed E-state index contributed by atoms with van der Waals surface area (Å²) in [6.07, 6.45) is 4.50. The van der Waals surface area contributed by atoms with Gasteiger partial charge in [-0.15, -0.1) is 11.3 Å². The second-order valence-corrected chi connectivity index (χ2v) is 8.59. The summed E-state index contributed by atoms with van der Waals surface area (Å²) in [5.74, 6) is -0.832. The Hall–Kier alpha value is -2.38. The monoisotopic (exact) mass is 395 g/mol. The summed E-state index contributed by atoms with van der Waals surface area (Å²) in [6, 6.07) is 6.04. The number of nitrogens with zero attached hydrogens (tertiary/aromatic N) is 3. The van der Waals surface area contributed by atoms with E-state index in [1.54, 1.807) is 11.3 Å². The zero-order valence-electron chi connectivity index (χ0n) is 14.8. The van der Waals surface area contributed by atoms with Crippen molar-refractivity contribution in [3.8, 4) is 11.1 Å². The molecule has 136 valence electrons. The molecular weight excluding hydrogens is 378 g/mol. The lowest BCUT2D eigenvalue weighted by molar-refractivity contribution is -0.136. The molecule has 0 saturated carbocycles. The molecule has 7 heteroatoms. The Morgan fingerprint density at radius 1 is 1.19 bits per heavy atom. The van der Waals surface area contributed by atoms with Crippen LogP contribution in [0.1, 0.15) is 34.5 Å². The molecule has 1 aliphatic carbocycles. The number of carboxylic acid groups (broad SMARTS) is 1. The second kappa shape index (κ2) is 6.35. The van der Waals surface area contributed by atoms with Gasteiger partial charge in [0.05, 0.1) is 18.1 Å². The maximum absolute atomic E-state index is 11.6. The first-order valence-electron chi connectivity index (χ1n) is 9.00. The zero-order chi connectivity index (χ0) is 18.5. The van der Waals surface area contributed by atoms with Crippen LogP contribution in [-0.4, -0.2) is 24.8 Å². The Balaban J connectivity index is 1.88. The van der Waals surface area contributed by atoms with Crippen LogP contribution in [-0.2, 0) is 24.1 Å². The summed E-state index contributed by atoms with van der Waals surface area (Å²) in [5.41, 5.74) is 6.73. The molecule has 0 fully saturated rings. The quantitative estimate of drug-likeness (QED) is 0.540. The molecule has 3 aromatic heterocycles. The van der Waals surface area contributed by atoms with Gasteiger partial charge in [-0.2, -0.15) is 8.75 Å². The SMILES string of the molecule is Cc1nc2sc3c(c2c(-c2ccc4nsnc4c2)c1CC(=O)O)CCCC3. The van der Waals surface area contributed by atoms with Crippen molar-refractivity contribution >= 4 is 50.3 Å². The third-order valence-corrected chi connectivity index (χ3v) is 7.02. The number of aliphatic carboxylic acids is 1. The van der Waals surface area contributed by atoms with Crippen molar-refractivity contribution in [2.75, 3.05) is 0 Å². The number of carboxylic acids is 1. The molecule has 27 heavy (non-hydrogen) atoms. The number of hydrogen-bond donors (Lipinski definition) is 1. The van der Waals surface area contributed by atoms with Crippen molar-refractivity contribution in [3.05, 3.63) is 39.9 Å². The largest absolute Gasteiger partial charge is 0.481 e. The molecule has 0 bridgehead atoms. The highest BCUT2D eigenvalue weighted by Crippen LogP contribution is 2.43. The highest BCUT2D eigenvalue weighted by atomic mass is 32.1. The summed E-state index contributed by atoms with van der Waals surface area (Å²) in [7, 11) is 0. The Morgan fingerprint density at radius 3 is 2.85 bits per heavy atom. The maximum atomic E-state index is 11.6. The van der Waals surface area contributed by atoms with E-state index in [0.29, 0.717) is 0 Å². The highest BCUT2D eigenvalue weighted by molar-refractivity contribution is 7.19. The summed E-state index contributed by atoms with van der Waals surface area (Å²) in [6.45, 7) is 1.92. The zero-order valence-corrected chi connectivity index (χ0v) is 16.4. The number of benzene rings is 1. The molecule has 1 aliphatic rings. The fraction of sp³-hybridized carbons (Fsp3) is 0.300. The van der Waals surface area contributed by atoms with E-state index in [1.165, 1.54) is 35.0 Å². The van der Waals surface area contributed by atoms with Crippen molar-refractivity contribution in [1.82, 2.24) is 13.7 Å². The molecule has 5 nitrogen and oxygen atoms in total. The van der Waals surface area contributed by atoms with Crippen LogP contribution in [0.5, 0.6) is 0 Å². The van der Waals surface area contributed by atoms with Crippen LogP contribution in [0.15, 0.2) is 18.2 Å². The van der Waals surface area contributed by atoms with Crippen molar-refractivity contribution in [1.29, 1.82) is 0 Å². The van der Waals surface area contributed by atoms with Gasteiger partial charge in [-0.3, -0.25) is 4.79 Å². The lowest BCUT2D eigenvalue weighted by atomic mass is 9.89. The number of aromatic nitrogens is 3. The van der Waals surface area contributed by atoms with Gasteiger partial charge in [-0.1, -0.05) is 6.07 Å². The molecular formula is C20H17N3O2S2. The predicted molar refractivity (Wildman–Crippen MR) is 109 cm³/mol. The number of aryl methyl sites for hydroxylation is 3. The van der Waals surface area contributed by atoms with Crippen LogP contribution in [0.3, 0.4) is 0 Å². The first-order chi connectivity index (χ1) is 13.1. The van der Waals surface area contributed by atoms with Gasteiger partial charge < -0.3 is 5.11 Å². The van der Waals surface area contributed by atoms with Gasteiger partial charge in [-0.25, -0.2) is 4.98 Å². The Morgan fingerprint density at radius 2 is 2.00 bits per heavy atom. The molecule has 0 aliphatic heterocycles. The normalized spacial score (nSPS) is 14.0. The second-order valence-electron chi connectivity index (χ2n) is 6.98. The van der Waals surface area contributed by atoms with Gasteiger partial charge in [0, 0.05) is 16.0 Å². The first-order valence-corrected chi connectivity index (χ1v) is 10.5. The molecule has 0 atom stereocenters. The van der Waals surface area contributed by atoms with Crippen LogP contribution in [0.4, 0.5) is 0 Å². The molecule has 0 radical (unpaired) electrons. The Kier molecular flexibility index (Phi) is 3.94. The van der Waals surface area contributed by atoms with Gasteiger partial charge >= 0.3 is 5.97 Å². The molecule has 1 aromatic carbocycles. The standard InChI is InChI=1S/C20H17N3O2S2/c1-10-13(9-17(24)25)18(11-6-7-14-15(8-11)23-27-22-14)19-12-4-2-3-5-16(12)26-20(19)21-10/h6-8H,2-5,9H2,1H3,(H,24,25). The number of hydrogen-bond acceptors (Lipinski definition) is 6. The molecule has 0 unspecified atom stereocenters. The molecule has 3 heterocycles. The van der Waals surface area contributed by atoms with E-state index in [2.05, 4.69) is 8.75 Å². The average Bonchev–Trinajstić information content (AvgIpc) is 3.25. The summed E-state index contributed by atoms with van der Waals surface area (Å²) >= 11 is 2.97. The van der Waals surface area contributed by atoms with Crippen LogP contribution >= 0.6 is 23.1 Å². The molecule has 0 saturated heterocycles. The summed E-state index contributed by atoms with van der Waals surface area (Å²) in [5, 5.41) is 10.7. The van der Waals surface area contributed by atoms with E-state index in [1.807, 2.05) is 25.1 Å². The predicted octanol–water partition coefficient (Wildman–Crippen LogP) is 4.78. The van der Waals surface area contributed by atoms with E-state index in [-0.39, 0.29) is 6.42 Å². The highest BCUT2D eigenvalue weighted by Gasteiger charge is 2.24. The fourth-order valence-electron chi connectivity index (χ4n) is 4.06. The van der Waals surface area contributed by atoms with E-state index in [0.717, 1.165) is 56.5 Å². The molecule has 4 aromatic rings. The van der Waals surface area contributed by atoms with Gasteiger partial charge in [0.25, 0.3) is 0 Å². The number of thiophene rings is 1. The van der Waals surface area contributed by atoms with Crippen molar-refractivity contribution in [3.63, 3.8) is 0 Å². The van der Waals surface area contributed by atoms with Crippen LogP contribution < -0.4 is 0 Å². The lowest BCUT2D eigenvalue weighted by Gasteiger charge is -2.16. The summed E-state index contributed by atoms with van der Waals surface area (Å²) in [4.78, 5) is 18.8. The molecule has 0 amide bonds. The minimum absolute atomic E-state index is 0.0257. The van der Waals surface area contributed by atoms with Gasteiger partial charge in [-0.05, 0) is 67.0 Å². The van der Waals surface area contributed by atoms with Crippen LogP contribution in [0, 0.1) is 6.92 Å². The Labute approximate surface area is 164 Å². The van der Waals surface area contributed by atoms with E-state index in [9.17, 15) is 9.90 Å². The smallest absolute Gasteiger partial charge is 0.307 e.